The molecule has 2 amide bonds. The summed E-state index contributed by atoms with van der Waals surface area (Å²) in [5.74, 6) is -0.290. The number of hydrogen-bond acceptors (Lipinski definition) is 4. The van der Waals surface area contributed by atoms with Crippen LogP contribution in [-0.4, -0.2) is 54.0 Å². The minimum Gasteiger partial charge on any atom is -0.361 e. The van der Waals surface area contributed by atoms with Crippen molar-refractivity contribution in [2.24, 2.45) is 5.92 Å². The highest BCUT2D eigenvalue weighted by atomic mass is 16.5. The van der Waals surface area contributed by atoms with E-state index in [0.29, 0.717) is 19.6 Å². The zero-order chi connectivity index (χ0) is 20.1. The molecule has 1 aromatic heterocycles. The van der Waals surface area contributed by atoms with Gasteiger partial charge in [-0.1, -0.05) is 38.1 Å². The van der Waals surface area contributed by atoms with Crippen LogP contribution in [0.5, 0.6) is 0 Å². The van der Waals surface area contributed by atoms with Crippen LogP contribution in [-0.2, 0) is 20.7 Å². The van der Waals surface area contributed by atoms with E-state index in [1.165, 1.54) is 0 Å². The molecule has 0 unspecified atom stereocenters. The highest BCUT2D eigenvalue weighted by molar-refractivity contribution is 5.88. The van der Waals surface area contributed by atoms with Crippen molar-refractivity contribution in [1.82, 2.24) is 15.2 Å². The number of likely N-dealkylation sites (N-methyl/N-ethyl adjacent to an activating group) is 1. The molecule has 6 heteroatoms. The molecule has 6 nitrogen and oxygen atoms in total. The summed E-state index contributed by atoms with van der Waals surface area (Å²) in [6, 6.07) is 11.9. The number of pyridine rings is 1. The zero-order valence-corrected chi connectivity index (χ0v) is 16.6. The van der Waals surface area contributed by atoms with Crippen molar-refractivity contribution in [2.75, 3.05) is 26.7 Å². The van der Waals surface area contributed by atoms with Gasteiger partial charge in [0.2, 0.25) is 5.91 Å². The summed E-state index contributed by atoms with van der Waals surface area (Å²) in [5.41, 5.74) is 1.95. The van der Waals surface area contributed by atoms with E-state index in [9.17, 15) is 9.59 Å². The third-order valence-electron chi connectivity index (χ3n) is 5.12. The summed E-state index contributed by atoms with van der Waals surface area (Å²) in [4.78, 5) is 31.3. The lowest BCUT2D eigenvalue weighted by Crippen LogP contribution is -2.62. The maximum atomic E-state index is 12.9. The fraction of sp³-hybridized carbons (Fsp3) is 0.409. The minimum atomic E-state index is -1.11. The second-order valence-corrected chi connectivity index (χ2v) is 7.41. The molecule has 3 rings (SSSR count). The van der Waals surface area contributed by atoms with E-state index >= 15 is 0 Å². The Balaban J connectivity index is 1.97. The fourth-order valence-electron chi connectivity index (χ4n) is 3.69. The third kappa shape index (κ3) is 4.07. The molecule has 1 saturated heterocycles. The number of morpholine rings is 1. The van der Waals surface area contributed by atoms with E-state index in [2.05, 4.69) is 10.3 Å². The number of aromatic nitrogens is 1. The van der Waals surface area contributed by atoms with E-state index in [1.807, 2.05) is 50.2 Å². The van der Waals surface area contributed by atoms with Gasteiger partial charge >= 0.3 is 0 Å². The molecule has 0 aliphatic carbocycles. The third-order valence-corrected chi connectivity index (χ3v) is 5.12. The van der Waals surface area contributed by atoms with Gasteiger partial charge in [0.15, 0.2) is 5.60 Å². The maximum absolute atomic E-state index is 12.9. The molecule has 1 aliphatic rings. The van der Waals surface area contributed by atoms with Crippen molar-refractivity contribution in [1.29, 1.82) is 0 Å². The molecular weight excluding hydrogens is 354 g/mol. The molecule has 0 bridgehead atoms. The van der Waals surface area contributed by atoms with E-state index < -0.39 is 5.60 Å². The number of amides is 2. The van der Waals surface area contributed by atoms with Crippen molar-refractivity contribution >= 4 is 11.8 Å². The van der Waals surface area contributed by atoms with Gasteiger partial charge in [-0.25, -0.2) is 0 Å². The van der Waals surface area contributed by atoms with Crippen molar-refractivity contribution in [3.05, 3.63) is 54.4 Å². The quantitative estimate of drug-likeness (QED) is 0.863. The first-order valence-corrected chi connectivity index (χ1v) is 9.60. The second kappa shape index (κ2) is 8.52. The van der Waals surface area contributed by atoms with Crippen molar-refractivity contribution in [2.45, 2.75) is 25.9 Å². The topological polar surface area (TPSA) is 71.5 Å². The molecule has 0 saturated carbocycles. The van der Waals surface area contributed by atoms with Crippen molar-refractivity contribution in [3.8, 4) is 11.1 Å². The lowest BCUT2D eigenvalue weighted by Gasteiger charge is -2.42. The molecule has 2 heterocycles. The molecule has 1 aliphatic heterocycles. The molecule has 1 aromatic carbocycles. The Labute approximate surface area is 165 Å². The van der Waals surface area contributed by atoms with Crippen LogP contribution < -0.4 is 5.32 Å². The molecule has 0 radical (unpaired) electrons. The number of nitrogens with zero attached hydrogens (tertiary/aromatic N) is 2. The highest BCUT2D eigenvalue weighted by Gasteiger charge is 2.45. The van der Waals surface area contributed by atoms with E-state index in [-0.39, 0.29) is 24.3 Å². The number of nitrogens with one attached hydrogen (secondary N) is 1. The Kier molecular flexibility index (Phi) is 6.09. The number of rotatable bonds is 5. The summed E-state index contributed by atoms with van der Waals surface area (Å²) >= 11 is 0. The second-order valence-electron chi connectivity index (χ2n) is 7.41. The van der Waals surface area contributed by atoms with Crippen LogP contribution in [0, 0.1) is 5.92 Å². The molecule has 148 valence electrons. The maximum Gasteiger partial charge on any atom is 0.254 e. The predicted molar refractivity (Wildman–Crippen MR) is 108 cm³/mol. The summed E-state index contributed by atoms with van der Waals surface area (Å²) in [6.07, 6.45) is 3.88. The zero-order valence-electron chi connectivity index (χ0n) is 16.6. The lowest BCUT2D eigenvalue weighted by atomic mass is 9.87. The van der Waals surface area contributed by atoms with Gasteiger partial charge < -0.3 is 15.0 Å². The van der Waals surface area contributed by atoms with Gasteiger partial charge in [-0.15, -0.1) is 0 Å². The highest BCUT2D eigenvalue weighted by Crippen LogP contribution is 2.30. The van der Waals surface area contributed by atoms with Crippen LogP contribution in [0.25, 0.3) is 11.1 Å². The Bertz CT molecular complexity index is 838. The summed E-state index contributed by atoms with van der Waals surface area (Å²) in [6.45, 7) is 4.83. The predicted octanol–water partition coefficient (Wildman–Crippen LogP) is 2.29. The standard InChI is InChI=1S/C22H27N3O3/c1-16(2)20(26)25-12-13-28-22(15-25,21(27)23-3)14-18-6-4-5-7-19(18)17-8-10-24-11-9-17/h4-11,16H,12-15H2,1-3H3,(H,23,27)/t22-/m1/s1. The summed E-state index contributed by atoms with van der Waals surface area (Å²) < 4.78 is 6.05. The Hall–Kier alpha value is -2.73. The smallest absolute Gasteiger partial charge is 0.254 e. The van der Waals surface area contributed by atoms with Gasteiger partial charge in [0.1, 0.15) is 0 Å². The Morgan fingerprint density at radius 1 is 1.21 bits per heavy atom. The minimum absolute atomic E-state index is 0.0407. The lowest BCUT2D eigenvalue weighted by molar-refractivity contribution is -0.167. The SMILES string of the molecule is CNC(=O)[C@@]1(Cc2ccccc2-c2ccncc2)CN(C(=O)C(C)C)CCO1. The van der Waals surface area contributed by atoms with Gasteiger partial charge in [0, 0.05) is 38.3 Å². The van der Waals surface area contributed by atoms with Gasteiger partial charge in [0.05, 0.1) is 13.2 Å². The average Bonchev–Trinajstić information content (AvgIpc) is 2.73. The molecule has 28 heavy (non-hydrogen) atoms. The summed E-state index contributed by atoms with van der Waals surface area (Å²) in [5, 5.41) is 2.73. The van der Waals surface area contributed by atoms with Gasteiger partial charge in [-0.2, -0.15) is 0 Å². The van der Waals surface area contributed by atoms with Crippen molar-refractivity contribution < 1.29 is 14.3 Å². The first-order valence-electron chi connectivity index (χ1n) is 9.60. The Morgan fingerprint density at radius 2 is 1.93 bits per heavy atom. The van der Waals surface area contributed by atoms with Crippen LogP contribution >= 0.6 is 0 Å². The first kappa shape index (κ1) is 20.0. The van der Waals surface area contributed by atoms with Crippen LogP contribution in [0.4, 0.5) is 0 Å². The van der Waals surface area contributed by atoms with Crippen LogP contribution in [0.2, 0.25) is 0 Å². The molecule has 1 atom stereocenters. The Morgan fingerprint density at radius 3 is 2.61 bits per heavy atom. The van der Waals surface area contributed by atoms with Crippen LogP contribution in [0.15, 0.2) is 48.8 Å². The molecule has 0 spiro atoms. The number of carbonyl (C=O) groups is 2. The monoisotopic (exact) mass is 381 g/mol. The number of hydrogen-bond donors (Lipinski definition) is 1. The van der Waals surface area contributed by atoms with Crippen LogP contribution in [0.1, 0.15) is 19.4 Å². The van der Waals surface area contributed by atoms with Crippen molar-refractivity contribution in [3.63, 3.8) is 0 Å². The van der Waals surface area contributed by atoms with E-state index in [0.717, 1.165) is 16.7 Å². The first-order chi connectivity index (χ1) is 13.5. The van der Waals surface area contributed by atoms with E-state index in [4.69, 9.17) is 4.74 Å². The largest absolute Gasteiger partial charge is 0.361 e. The fourth-order valence-corrected chi connectivity index (χ4v) is 3.69. The van der Waals surface area contributed by atoms with Gasteiger partial charge in [-0.05, 0) is 28.8 Å². The normalized spacial score (nSPS) is 19.5. The average molecular weight is 381 g/mol. The molecule has 1 N–H and O–H groups in total. The molecule has 2 aromatic rings. The molecular formula is C22H27N3O3. The molecule has 1 fully saturated rings. The summed E-state index contributed by atoms with van der Waals surface area (Å²) in [7, 11) is 1.60. The number of ether oxygens (including phenoxy) is 1. The number of benzene rings is 1. The van der Waals surface area contributed by atoms with Gasteiger partial charge in [-0.3, -0.25) is 14.6 Å². The number of carbonyl (C=O) groups excluding carboxylic acids is 2. The van der Waals surface area contributed by atoms with Gasteiger partial charge in [0.25, 0.3) is 5.91 Å². The van der Waals surface area contributed by atoms with Crippen LogP contribution in [0.3, 0.4) is 0 Å². The van der Waals surface area contributed by atoms with E-state index in [1.54, 1.807) is 24.3 Å².